The van der Waals surface area contributed by atoms with Crippen molar-refractivity contribution in [3.05, 3.63) is 85.1 Å². The van der Waals surface area contributed by atoms with E-state index in [-0.39, 0.29) is 12.5 Å². The van der Waals surface area contributed by atoms with E-state index in [1.807, 2.05) is 6.08 Å². The number of aliphatic hydroxyl groups is 2. The second-order valence-electron chi connectivity index (χ2n) is 13.7. The van der Waals surface area contributed by atoms with Crippen molar-refractivity contribution in [1.82, 2.24) is 5.32 Å². The molecule has 0 spiro atoms. The average Bonchev–Trinajstić information content (AvgIpc) is 3.12. The highest BCUT2D eigenvalue weighted by Gasteiger charge is 2.17. The van der Waals surface area contributed by atoms with Crippen molar-refractivity contribution in [2.75, 3.05) is 6.61 Å². The van der Waals surface area contributed by atoms with E-state index in [2.05, 4.69) is 92.1 Å². The molecule has 0 heterocycles. The van der Waals surface area contributed by atoms with Gasteiger partial charge in [-0.15, -0.1) is 0 Å². The smallest absolute Gasteiger partial charge is 0.220 e. The average molecular weight is 694 g/mol. The summed E-state index contributed by atoms with van der Waals surface area (Å²) in [6.07, 6.45) is 60.5. The predicted octanol–water partition coefficient (Wildman–Crippen LogP) is 12.9. The summed E-state index contributed by atoms with van der Waals surface area (Å²) in [5.41, 5.74) is 0. The minimum Gasteiger partial charge on any atom is -0.394 e. The molecular formula is C46H79NO3. The summed E-state index contributed by atoms with van der Waals surface area (Å²) in [6, 6.07) is -0.620. The second kappa shape index (κ2) is 41.0. The van der Waals surface area contributed by atoms with E-state index < -0.39 is 12.1 Å². The Morgan fingerprint density at radius 1 is 0.500 bits per heavy atom. The van der Waals surface area contributed by atoms with Gasteiger partial charge in [-0.05, 0) is 64.2 Å². The summed E-state index contributed by atoms with van der Waals surface area (Å²) in [5, 5.41) is 22.4. The number of amides is 1. The zero-order valence-corrected chi connectivity index (χ0v) is 32.6. The molecule has 0 aromatic heterocycles. The number of carbonyl (C=O) groups excluding carboxylic acids is 1. The van der Waals surface area contributed by atoms with Gasteiger partial charge in [-0.2, -0.15) is 0 Å². The van der Waals surface area contributed by atoms with Crippen LogP contribution in [-0.4, -0.2) is 34.9 Å². The Bertz CT molecular complexity index is 926. The minimum absolute atomic E-state index is 0.0798. The second-order valence-corrected chi connectivity index (χ2v) is 13.7. The minimum atomic E-state index is -0.837. The van der Waals surface area contributed by atoms with Crippen LogP contribution in [-0.2, 0) is 4.79 Å². The van der Waals surface area contributed by atoms with E-state index in [1.54, 1.807) is 6.08 Å². The van der Waals surface area contributed by atoms with Gasteiger partial charge >= 0.3 is 0 Å². The third kappa shape index (κ3) is 36.8. The lowest BCUT2D eigenvalue weighted by atomic mass is 10.0. The standard InChI is InChI=1S/C46H79NO3/c1-3-5-7-8-9-10-11-12-13-14-15-16-17-18-19-20-21-22-23-24-25-26-27-28-29-30-31-32-33-34-35-36-37-38-40-42-46(50)47-44(43-48)45(49)41-39-6-4-2/h5,7,9-10,12-13,15-16,18-19,21-22,39,41,44-45,48-49H,3-4,6,8,11,14,17,20,23-38,40,42-43H2,1-2H3,(H,47,50)/b7-5-,10-9-,13-12-,16-15-,19-18-,22-21-,41-39+. The molecule has 50 heavy (non-hydrogen) atoms. The molecule has 4 heteroatoms. The topological polar surface area (TPSA) is 69.6 Å². The first kappa shape index (κ1) is 47.6. The van der Waals surface area contributed by atoms with Gasteiger partial charge in [0.15, 0.2) is 0 Å². The molecule has 0 aromatic carbocycles. The van der Waals surface area contributed by atoms with Gasteiger partial charge in [-0.3, -0.25) is 4.79 Å². The number of rotatable bonds is 36. The first-order valence-electron chi connectivity index (χ1n) is 20.8. The monoisotopic (exact) mass is 694 g/mol. The van der Waals surface area contributed by atoms with Crippen LogP contribution in [0.5, 0.6) is 0 Å². The molecule has 0 aliphatic carbocycles. The van der Waals surface area contributed by atoms with Gasteiger partial charge in [0.2, 0.25) is 5.91 Å². The van der Waals surface area contributed by atoms with E-state index in [9.17, 15) is 15.0 Å². The van der Waals surface area contributed by atoms with Gasteiger partial charge < -0.3 is 15.5 Å². The van der Waals surface area contributed by atoms with E-state index in [0.717, 1.165) is 64.2 Å². The lowest BCUT2D eigenvalue weighted by Gasteiger charge is -2.19. The van der Waals surface area contributed by atoms with Crippen molar-refractivity contribution in [3.8, 4) is 0 Å². The van der Waals surface area contributed by atoms with Crippen LogP contribution in [0, 0.1) is 0 Å². The summed E-state index contributed by atoms with van der Waals surface area (Å²) in [4.78, 5) is 12.2. The van der Waals surface area contributed by atoms with E-state index in [4.69, 9.17) is 0 Å². The molecule has 0 aliphatic rings. The molecule has 0 fully saturated rings. The normalized spacial score (nSPS) is 13.9. The summed E-state index contributed by atoms with van der Waals surface area (Å²) in [6.45, 7) is 3.99. The lowest BCUT2D eigenvalue weighted by molar-refractivity contribution is -0.123. The number of hydrogen-bond donors (Lipinski definition) is 3. The zero-order chi connectivity index (χ0) is 36.4. The third-order valence-electron chi connectivity index (χ3n) is 8.87. The molecule has 0 bridgehead atoms. The van der Waals surface area contributed by atoms with E-state index in [0.29, 0.717) is 6.42 Å². The van der Waals surface area contributed by atoms with Crippen LogP contribution in [0.25, 0.3) is 0 Å². The van der Waals surface area contributed by atoms with Gasteiger partial charge in [0.25, 0.3) is 0 Å². The van der Waals surface area contributed by atoms with Crippen molar-refractivity contribution in [1.29, 1.82) is 0 Å². The Labute approximate surface area is 310 Å². The van der Waals surface area contributed by atoms with Crippen LogP contribution in [0.4, 0.5) is 0 Å². The highest BCUT2D eigenvalue weighted by Crippen LogP contribution is 2.14. The maximum Gasteiger partial charge on any atom is 0.220 e. The van der Waals surface area contributed by atoms with Crippen molar-refractivity contribution in [2.24, 2.45) is 0 Å². The zero-order valence-electron chi connectivity index (χ0n) is 32.6. The lowest BCUT2D eigenvalue weighted by Crippen LogP contribution is -2.45. The largest absolute Gasteiger partial charge is 0.394 e. The number of hydrogen-bond acceptors (Lipinski definition) is 3. The first-order chi connectivity index (χ1) is 24.7. The van der Waals surface area contributed by atoms with Crippen molar-refractivity contribution in [2.45, 2.75) is 193 Å². The molecule has 0 radical (unpaired) electrons. The fourth-order valence-corrected chi connectivity index (χ4v) is 5.72. The number of carbonyl (C=O) groups is 1. The van der Waals surface area contributed by atoms with Crippen LogP contribution in [0.1, 0.15) is 181 Å². The molecule has 2 atom stereocenters. The molecule has 1 amide bonds. The van der Waals surface area contributed by atoms with E-state index in [1.165, 1.54) is 96.3 Å². The molecule has 4 nitrogen and oxygen atoms in total. The summed E-state index contributed by atoms with van der Waals surface area (Å²) in [7, 11) is 0. The highest BCUT2D eigenvalue weighted by atomic mass is 16.3. The Morgan fingerprint density at radius 2 is 0.880 bits per heavy atom. The number of nitrogens with one attached hydrogen (secondary N) is 1. The third-order valence-corrected chi connectivity index (χ3v) is 8.87. The summed E-state index contributed by atoms with van der Waals surface area (Å²) >= 11 is 0. The Balaban J connectivity index is 3.42. The van der Waals surface area contributed by atoms with Crippen LogP contribution in [0.2, 0.25) is 0 Å². The molecular weight excluding hydrogens is 615 g/mol. The number of unbranched alkanes of at least 4 members (excludes halogenated alkanes) is 17. The van der Waals surface area contributed by atoms with Gasteiger partial charge in [-0.25, -0.2) is 0 Å². The Hall–Kier alpha value is -2.43. The summed E-state index contributed by atoms with van der Waals surface area (Å²) < 4.78 is 0. The first-order valence-corrected chi connectivity index (χ1v) is 20.8. The van der Waals surface area contributed by atoms with Crippen LogP contribution >= 0.6 is 0 Å². The molecule has 2 unspecified atom stereocenters. The molecule has 0 saturated heterocycles. The van der Waals surface area contributed by atoms with Crippen LogP contribution < -0.4 is 5.32 Å². The molecule has 0 rings (SSSR count). The fourth-order valence-electron chi connectivity index (χ4n) is 5.72. The highest BCUT2D eigenvalue weighted by molar-refractivity contribution is 5.76. The van der Waals surface area contributed by atoms with Crippen molar-refractivity contribution >= 4 is 5.91 Å². The van der Waals surface area contributed by atoms with Gasteiger partial charge in [0.05, 0.1) is 18.8 Å². The number of aliphatic hydroxyl groups excluding tert-OH is 2. The molecule has 0 aromatic rings. The van der Waals surface area contributed by atoms with Crippen LogP contribution in [0.3, 0.4) is 0 Å². The molecule has 3 N–H and O–H groups in total. The fraction of sp³-hybridized carbons (Fsp3) is 0.674. The number of allylic oxidation sites excluding steroid dienone is 13. The maximum atomic E-state index is 12.2. The Morgan fingerprint density at radius 3 is 1.28 bits per heavy atom. The molecule has 0 aliphatic heterocycles. The quantitative estimate of drug-likeness (QED) is 0.0452. The van der Waals surface area contributed by atoms with Gasteiger partial charge in [0.1, 0.15) is 0 Å². The van der Waals surface area contributed by atoms with E-state index >= 15 is 0 Å². The SMILES string of the molecule is CC/C=C\C/C=C\C/C=C\C/C=C\C/C=C\C/C=C\CCCCCCCCCCCCCCCCCCC(=O)NC(CO)C(O)/C=C/CCC. The predicted molar refractivity (Wildman–Crippen MR) is 220 cm³/mol. The van der Waals surface area contributed by atoms with Gasteiger partial charge in [-0.1, -0.05) is 195 Å². The van der Waals surface area contributed by atoms with Crippen molar-refractivity contribution in [3.63, 3.8) is 0 Å². The maximum absolute atomic E-state index is 12.2. The molecule has 286 valence electrons. The Kier molecular flexibility index (Phi) is 39.0. The molecule has 0 saturated carbocycles. The van der Waals surface area contributed by atoms with Crippen molar-refractivity contribution < 1.29 is 15.0 Å². The summed E-state index contributed by atoms with van der Waals surface area (Å²) in [5.74, 6) is -0.0798. The van der Waals surface area contributed by atoms with Gasteiger partial charge in [0, 0.05) is 6.42 Å². The van der Waals surface area contributed by atoms with Crippen LogP contribution in [0.15, 0.2) is 85.1 Å².